The van der Waals surface area contributed by atoms with Crippen LogP contribution in [0.2, 0.25) is 0 Å². The lowest BCUT2D eigenvalue weighted by Gasteiger charge is -2.18. The van der Waals surface area contributed by atoms with Gasteiger partial charge in [-0.15, -0.1) is 0 Å². The lowest BCUT2D eigenvalue weighted by Crippen LogP contribution is -2.45. The molecule has 2 fully saturated rings. The quantitative estimate of drug-likeness (QED) is 0.871. The average Bonchev–Trinajstić information content (AvgIpc) is 3.00. The predicted molar refractivity (Wildman–Crippen MR) is 80.4 cm³/mol. The molecular formula is C16H19N3O3. The van der Waals surface area contributed by atoms with Crippen LogP contribution in [0.25, 0.3) is 0 Å². The fourth-order valence-corrected chi connectivity index (χ4v) is 3.12. The van der Waals surface area contributed by atoms with Crippen molar-refractivity contribution < 1.29 is 14.3 Å². The molecule has 116 valence electrons. The maximum absolute atomic E-state index is 12.1. The molecule has 2 N–H and O–H groups in total. The minimum Gasteiger partial charge on any atom is -0.372 e. The number of rotatable bonds is 2. The van der Waals surface area contributed by atoms with Crippen LogP contribution in [-0.4, -0.2) is 37.5 Å². The van der Waals surface area contributed by atoms with Crippen LogP contribution in [-0.2, 0) is 9.47 Å². The fraction of sp³-hybridized carbons (Fsp3) is 0.500. The summed E-state index contributed by atoms with van der Waals surface area (Å²) in [6.07, 6.45) is -0.480. The molecule has 4 atom stereocenters. The highest BCUT2D eigenvalue weighted by Crippen LogP contribution is 2.30. The van der Waals surface area contributed by atoms with Crippen LogP contribution >= 0.6 is 0 Å². The highest BCUT2D eigenvalue weighted by molar-refractivity contribution is 5.89. The Hall–Kier alpha value is -2.10. The van der Waals surface area contributed by atoms with Crippen molar-refractivity contribution in [1.82, 2.24) is 5.32 Å². The Kier molecular flexibility index (Phi) is 4.01. The third-order valence-electron chi connectivity index (χ3n) is 4.02. The summed E-state index contributed by atoms with van der Waals surface area (Å²) >= 11 is 0. The molecule has 0 aromatic heterocycles. The number of fused-ring (bicyclic) bond motifs is 1. The van der Waals surface area contributed by atoms with Crippen LogP contribution in [0.4, 0.5) is 10.5 Å². The number of benzene rings is 1. The third-order valence-corrected chi connectivity index (χ3v) is 4.02. The molecule has 6 heteroatoms. The first-order valence-electron chi connectivity index (χ1n) is 7.35. The van der Waals surface area contributed by atoms with E-state index in [4.69, 9.17) is 14.7 Å². The number of carbonyl (C=O) groups excluding carboxylic acids is 1. The molecule has 0 unspecified atom stereocenters. The first kappa shape index (κ1) is 14.8. The summed E-state index contributed by atoms with van der Waals surface area (Å²) in [6.45, 7) is 4.70. The molecule has 1 aromatic carbocycles. The van der Waals surface area contributed by atoms with Gasteiger partial charge in [0.15, 0.2) is 0 Å². The Morgan fingerprint density at radius 3 is 2.55 bits per heavy atom. The lowest BCUT2D eigenvalue weighted by atomic mass is 10.0. The van der Waals surface area contributed by atoms with E-state index in [-0.39, 0.29) is 30.2 Å². The molecule has 0 spiro atoms. The molecule has 2 amide bonds. The van der Waals surface area contributed by atoms with Crippen molar-refractivity contribution in [3.63, 3.8) is 0 Å². The summed E-state index contributed by atoms with van der Waals surface area (Å²) in [5.74, 6) is -0.251. The van der Waals surface area contributed by atoms with E-state index in [0.29, 0.717) is 13.2 Å². The van der Waals surface area contributed by atoms with Crippen molar-refractivity contribution in [2.45, 2.75) is 32.1 Å². The van der Waals surface area contributed by atoms with Gasteiger partial charge in [0.2, 0.25) is 0 Å². The molecule has 2 heterocycles. The van der Waals surface area contributed by atoms with Gasteiger partial charge in [0.1, 0.15) is 12.2 Å². The van der Waals surface area contributed by atoms with E-state index in [0.717, 1.165) is 16.8 Å². The molecule has 22 heavy (non-hydrogen) atoms. The molecule has 0 saturated carbocycles. The van der Waals surface area contributed by atoms with E-state index in [1.54, 1.807) is 0 Å². The standard InChI is InChI=1S/C16H19N3O3/c1-9-3-10(2)5-12(4-9)18-16(20)19-13-8-22-14-11(6-17)7-21-15(13)14/h3-5,11,13-15H,7-8H2,1-2H3,(H2,18,19,20)/t11-,13+,14+,15-/m0/s1. The van der Waals surface area contributed by atoms with Crippen LogP contribution < -0.4 is 10.6 Å². The molecule has 3 rings (SSSR count). The molecule has 0 radical (unpaired) electrons. The molecule has 2 aliphatic rings. The first-order valence-corrected chi connectivity index (χ1v) is 7.35. The van der Waals surface area contributed by atoms with Gasteiger partial charge in [-0.25, -0.2) is 4.79 Å². The molecule has 1 aromatic rings. The number of hydrogen-bond acceptors (Lipinski definition) is 4. The monoisotopic (exact) mass is 301 g/mol. The number of ether oxygens (including phenoxy) is 2. The van der Waals surface area contributed by atoms with E-state index >= 15 is 0 Å². The Morgan fingerprint density at radius 1 is 1.18 bits per heavy atom. The van der Waals surface area contributed by atoms with E-state index in [2.05, 4.69) is 16.7 Å². The lowest BCUT2D eigenvalue weighted by molar-refractivity contribution is 0.0665. The highest BCUT2D eigenvalue weighted by Gasteiger charge is 2.48. The van der Waals surface area contributed by atoms with Crippen molar-refractivity contribution in [3.05, 3.63) is 29.3 Å². The summed E-state index contributed by atoms with van der Waals surface area (Å²) in [6, 6.07) is 7.55. The number of nitriles is 1. The molecule has 2 saturated heterocycles. The third kappa shape index (κ3) is 2.91. The van der Waals surface area contributed by atoms with Gasteiger partial charge in [-0.05, 0) is 37.1 Å². The maximum atomic E-state index is 12.1. The Morgan fingerprint density at radius 2 is 1.86 bits per heavy atom. The van der Waals surface area contributed by atoms with E-state index in [1.165, 1.54) is 0 Å². The number of aryl methyl sites for hydroxylation is 2. The van der Waals surface area contributed by atoms with Gasteiger partial charge >= 0.3 is 6.03 Å². The summed E-state index contributed by atoms with van der Waals surface area (Å²) in [5, 5.41) is 14.7. The zero-order chi connectivity index (χ0) is 15.7. The normalized spacial score (nSPS) is 29.7. The van der Waals surface area contributed by atoms with Gasteiger partial charge in [0.25, 0.3) is 0 Å². The second-order valence-corrected chi connectivity index (χ2v) is 5.91. The summed E-state index contributed by atoms with van der Waals surface area (Å²) in [5.41, 5.74) is 2.94. The smallest absolute Gasteiger partial charge is 0.319 e. The van der Waals surface area contributed by atoms with Crippen molar-refractivity contribution in [2.24, 2.45) is 5.92 Å². The van der Waals surface area contributed by atoms with Gasteiger partial charge in [0, 0.05) is 5.69 Å². The Balaban J connectivity index is 1.60. The zero-order valence-electron chi connectivity index (χ0n) is 12.6. The Labute approximate surface area is 129 Å². The van der Waals surface area contributed by atoms with Crippen LogP contribution in [0.15, 0.2) is 18.2 Å². The number of amides is 2. The summed E-state index contributed by atoms with van der Waals surface area (Å²) in [4.78, 5) is 12.1. The van der Waals surface area contributed by atoms with Gasteiger partial charge in [-0.1, -0.05) is 6.07 Å². The van der Waals surface area contributed by atoms with Crippen molar-refractivity contribution in [2.75, 3.05) is 18.5 Å². The minimum absolute atomic E-state index is 0.228. The van der Waals surface area contributed by atoms with Crippen molar-refractivity contribution >= 4 is 11.7 Å². The number of nitrogens with zero attached hydrogens (tertiary/aromatic N) is 1. The van der Waals surface area contributed by atoms with Crippen LogP contribution in [0.1, 0.15) is 11.1 Å². The SMILES string of the molecule is Cc1cc(C)cc(NC(=O)N[C@@H]2CO[C@H]3[C@H]2OC[C@@H]3C#N)c1. The van der Waals surface area contributed by atoms with E-state index < -0.39 is 0 Å². The predicted octanol–water partition coefficient (Wildman–Crippen LogP) is 1.73. The second-order valence-electron chi connectivity index (χ2n) is 5.91. The number of carbonyl (C=O) groups is 1. The number of urea groups is 1. The maximum Gasteiger partial charge on any atom is 0.319 e. The zero-order valence-corrected chi connectivity index (χ0v) is 12.6. The first-order chi connectivity index (χ1) is 10.6. The van der Waals surface area contributed by atoms with Crippen LogP contribution in [0.3, 0.4) is 0 Å². The summed E-state index contributed by atoms with van der Waals surface area (Å²) in [7, 11) is 0. The molecule has 6 nitrogen and oxygen atoms in total. The molecule has 2 aliphatic heterocycles. The van der Waals surface area contributed by atoms with E-state index in [1.807, 2.05) is 32.0 Å². The average molecular weight is 301 g/mol. The number of nitrogens with one attached hydrogen (secondary N) is 2. The van der Waals surface area contributed by atoms with Gasteiger partial charge in [-0.2, -0.15) is 5.26 Å². The van der Waals surface area contributed by atoms with E-state index in [9.17, 15) is 4.79 Å². The topological polar surface area (TPSA) is 83.4 Å². The number of anilines is 1. The van der Waals surface area contributed by atoms with Crippen LogP contribution in [0, 0.1) is 31.1 Å². The molecule has 0 bridgehead atoms. The van der Waals surface area contributed by atoms with Crippen molar-refractivity contribution in [3.8, 4) is 6.07 Å². The largest absolute Gasteiger partial charge is 0.372 e. The minimum atomic E-state index is -0.289. The summed E-state index contributed by atoms with van der Waals surface area (Å²) < 4.78 is 11.2. The van der Waals surface area contributed by atoms with Gasteiger partial charge in [-0.3, -0.25) is 0 Å². The number of hydrogen-bond donors (Lipinski definition) is 2. The fourth-order valence-electron chi connectivity index (χ4n) is 3.12. The van der Waals surface area contributed by atoms with Gasteiger partial charge in [0.05, 0.1) is 31.2 Å². The van der Waals surface area contributed by atoms with Gasteiger partial charge < -0.3 is 20.1 Å². The molecule has 0 aliphatic carbocycles. The Bertz CT molecular complexity index is 605. The van der Waals surface area contributed by atoms with Crippen LogP contribution in [0.5, 0.6) is 0 Å². The van der Waals surface area contributed by atoms with Crippen molar-refractivity contribution in [1.29, 1.82) is 5.26 Å². The highest BCUT2D eigenvalue weighted by atomic mass is 16.6. The second kappa shape index (κ2) is 5.95. The molecular weight excluding hydrogens is 282 g/mol.